The molecule has 1 atom stereocenters. The Balaban J connectivity index is 2.43. The molecule has 5 heteroatoms. The number of aryl methyl sites for hydroxylation is 1. The van der Waals surface area contributed by atoms with Gasteiger partial charge in [0, 0.05) is 16.7 Å². The standard InChI is InChI=1S/C14H19BrN2O2/c1-9-6-10(4-5-11(9)15)17-13(19)12(7-18)16-8-14(17,2)3/h4-6,12,16,18H,7-8H2,1-3H3. The van der Waals surface area contributed by atoms with E-state index in [-0.39, 0.29) is 18.1 Å². The van der Waals surface area contributed by atoms with Gasteiger partial charge in [0.05, 0.1) is 12.1 Å². The van der Waals surface area contributed by atoms with E-state index < -0.39 is 6.04 Å². The molecule has 0 aliphatic carbocycles. The van der Waals surface area contributed by atoms with E-state index in [1.807, 2.05) is 39.0 Å². The van der Waals surface area contributed by atoms with Crippen LogP contribution in [0.4, 0.5) is 5.69 Å². The Bertz CT molecular complexity index is 502. The highest BCUT2D eigenvalue weighted by atomic mass is 79.9. The Labute approximate surface area is 121 Å². The minimum atomic E-state index is -0.517. The third-order valence-corrected chi connectivity index (χ3v) is 4.38. The van der Waals surface area contributed by atoms with Crippen LogP contribution in [0.3, 0.4) is 0 Å². The normalized spacial score (nSPS) is 22.7. The van der Waals surface area contributed by atoms with Crippen molar-refractivity contribution in [2.75, 3.05) is 18.1 Å². The molecule has 2 rings (SSSR count). The van der Waals surface area contributed by atoms with Crippen LogP contribution in [0.1, 0.15) is 19.4 Å². The monoisotopic (exact) mass is 326 g/mol. The van der Waals surface area contributed by atoms with Gasteiger partial charge in [-0.2, -0.15) is 0 Å². The summed E-state index contributed by atoms with van der Waals surface area (Å²) in [6.45, 7) is 6.50. The molecule has 1 saturated heterocycles. The van der Waals surface area contributed by atoms with Crippen LogP contribution in [0.15, 0.2) is 22.7 Å². The third kappa shape index (κ3) is 2.68. The molecule has 0 radical (unpaired) electrons. The Morgan fingerprint density at radius 2 is 2.21 bits per heavy atom. The summed E-state index contributed by atoms with van der Waals surface area (Å²) in [4.78, 5) is 14.2. The van der Waals surface area contributed by atoms with Gasteiger partial charge < -0.3 is 15.3 Å². The van der Waals surface area contributed by atoms with Crippen LogP contribution in [0.2, 0.25) is 0 Å². The first-order chi connectivity index (χ1) is 8.86. The van der Waals surface area contributed by atoms with E-state index in [1.54, 1.807) is 4.90 Å². The highest BCUT2D eigenvalue weighted by Gasteiger charge is 2.40. The molecule has 19 heavy (non-hydrogen) atoms. The Morgan fingerprint density at radius 3 is 2.79 bits per heavy atom. The molecule has 4 nitrogen and oxygen atoms in total. The van der Waals surface area contributed by atoms with Crippen LogP contribution >= 0.6 is 15.9 Å². The minimum absolute atomic E-state index is 0.0829. The van der Waals surface area contributed by atoms with E-state index in [0.717, 1.165) is 15.7 Å². The zero-order chi connectivity index (χ0) is 14.2. The lowest BCUT2D eigenvalue weighted by atomic mass is 9.95. The number of amides is 1. The average molecular weight is 327 g/mol. The summed E-state index contributed by atoms with van der Waals surface area (Å²) in [7, 11) is 0. The molecule has 0 aromatic heterocycles. The molecule has 0 saturated carbocycles. The van der Waals surface area contributed by atoms with E-state index in [4.69, 9.17) is 0 Å². The van der Waals surface area contributed by atoms with Crippen molar-refractivity contribution in [1.29, 1.82) is 0 Å². The molecule has 104 valence electrons. The minimum Gasteiger partial charge on any atom is -0.394 e. The molecule has 2 N–H and O–H groups in total. The van der Waals surface area contributed by atoms with Crippen molar-refractivity contribution in [3.05, 3.63) is 28.2 Å². The van der Waals surface area contributed by atoms with E-state index in [1.165, 1.54) is 0 Å². The first-order valence-corrected chi connectivity index (χ1v) is 7.10. The van der Waals surface area contributed by atoms with Crippen LogP contribution in [0, 0.1) is 6.92 Å². The molecule has 1 unspecified atom stereocenters. The van der Waals surface area contributed by atoms with Gasteiger partial charge in [-0.25, -0.2) is 0 Å². The highest BCUT2D eigenvalue weighted by molar-refractivity contribution is 9.10. The van der Waals surface area contributed by atoms with Crippen molar-refractivity contribution < 1.29 is 9.90 Å². The van der Waals surface area contributed by atoms with Gasteiger partial charge in [0.2, 0.25) is 5.91 Å². The Hall–Kier alpha value is -0.910. The molecule has 1 aromatic carbocycles. The average Bonchev–Trinajstić information content (AvgIpc) is 2.33. The van der Waals surface area contributed by atoms with Crippen molar-refractivity contribution in [3.8, 4) is 0 Å². The van der Waals surface area contributed by atoms with Gasteiger partial charge in [0.15, 0.2) is 0 Å². The second-order valence-corrected chi connectivity index (χ2v) is 6.39. The van der Waals surface area contributed by atoms with Gasteiger partial charge in [0.25, 0.3) is 0 Å². The topological polar surface area (TPSA) is 52.6 Å². The third-order valence-electron chi connectivity index (χ3n) is 3.49. The molecular formula is C14H19BrN2O2. The maximum atomic E-state index is 12.5. The number of hydrogen-bond donors (Lipinski definition) is 2. The quantitative estimate of drug-likeness (QED) is 0.871. The maximum absolute atomic E-state index is 12.5. The number of aliphatic hydroxyl groups excluding tert-OH is 1. The van der Waals surface area contributed by atoms with Gasteiger partial charge in [0.1, 0.15) is 6.04 Å². The molecule has 1 aromatic rings. The summed E-state index contributed by atoms with van der Waals surface area (Å²) in [5.41, 5.74) is 1.64. The molecule has 1 fully saturated rings. The fourth-order valence-electron chi connectivity index (χ4n) is 2.38. The largest absolute Gasteiger partial charge is 0.394 e. The smallest absolute Gasteiger partial charge is 0.247 e. The molecule has 0 bridgehead atoms. The number of rotatable bonds is 2. The predicted molar refractivity (Wildman–Crippen MR) is 79.3 cm³/mol. The van der Waals surface area contributed by atoms with Crippen molar-refractivity contribution in [3.63, 3.8) is 0 Å². The van der Waals surface area contributed by atoms with Crippen molar-refractivity contribution in [1.82, 2.24) is 5.32 Å². The van der Waals surface area contributed by atoms with Gasteiger partial charge in [-0.05, 0) is 44.5 Å². The lowest BCUT2D eigenvalue weighted by Gasteiger charge is -2.45. The van der Waals surface area contributed by atoms with Gasteiger partial charge in [-0.15, -0.1) is 0 Å². The Morgan fingerprint density at radius 1 is 1.53 bits per heavy atom. The van der Waals surface area contributed by atoms with Gasteiger partial charge in [-0.1, -0.05) is 15.9 Å². The Kier molecular flexibility index (Phi) is 3.99. The maximum Gasteiger partial charge on any atom is 0.247 e. The van der Waals surface area contributed by atoms with E-state index in [9.17, 15) is 9.90 Å². The number of nitrogens with zero attached hydrogens (tertiary/aromatic N) is 1. The molecule has 1 aliphatic heterocycles. The number of anilines is 1. The number of aliphatic hydroxyl groups is 1. The predicted octanol–water partition coefficient (Wildman–Crippen LogP) is 1.83. The molecule has 1 amide bonds. The summed E-state index contributed by atoms with van der Waals surface area (Å²) < 4.78 is 1.02. The first kappa shape index (κ1) is 14.5. The number of halogens is 1. The summed E-state index contributed by atoms with van der Waals surface area (Å²) in [5, 5.41) is 12.4. The molecule has 0 spiro atoms. The number of carbonyl (C=O) groups excluding carboxylic acids is 1. The lowest BCUT2D eigenvalue weighted by Crippen LogP contribution is -2.66. The number of piperazine rings is 1. The fraction of sp³-hybridized carbons (Fsp3) is 0.500. The second-order valence-electron chi connectivity index (χ2n) is 5.54. The van der Waals surface area contributed by atoms with E-state index in [2.05, 4.69) is 21.2 Å². The summed E-state index contributed by atoms with van der Waals surface area (Å²) in [6.07, 6.45) is 0. The first-order valence-electron chi connectivity index (χ1n) is 6.31. The highest BCUT2D eigenvalue weighted by Crippen LogP contribution is 2.30. The van der Waals surface area contributed by atoms with Crippen molar-refractivity contribution in [2.45, 2.75) is 32.4 Å². The summed E-state index contributed by atoms with van der Waals surface area (Å²) >= 11 is 3.47. The summed E-state index contributed by atoms with van der Waals surface area (Å²) in [6, 6.07) is 5.35. The van der Waals surface area contributed by atoms with E-state index in [0.29, 0.717) is 6.54 Å². The summed E-state index contributed by atoms with van der Waals surface area (Å²) in [5.74, 6) is -0.0829. The number of benzene rings is 1. The molecular weight excluding hydrogens is 308 g/mol. The van der Waals surface area contributed by atoms with Crippen LogP contribution in [0.25, 0.3) is 0 Å². The second kappa shape index (κ2) is 5.23. The van der Waals surface area contributed by atoms with Crippen LogP contribution in [-0.4, -0.2) is 35.7 Å². The zero-order valence-electron chi connectivity index (χ0n) is 11.4. The number of carbonyl (C=O) groups is 1. The van der Waals surface area contributed by atoms with Gasteiger partial charge in [-0.3, -0.25) is 4.79 Å². The van der Waals surface area contributed by atoms with Crippen LogP contribution < -0.4 is 10.2 Å². The fourth-order valence-corrected chi connectivity index (χ4v) is 2.63. The van der Waals surface area contributed by atoms with E-state index >= 15 is 0 Å². The van der Waals surface area contributed by atoms with Crippen molar-refractivity contribution in [2.24, 2.45) is 0 Å². The SMILES string of the molecule is Cc1cc(N2C(=O)C(CO)NCC2(C)C)ccc1Br. The van der Waals surface area contributed by atoms with Crippen LogP contribution in [-0.2, 0) is 4.79 Å². The zero-order valence-corrected chi connectivity index (χ0v) is 13.0. The number of nitrogens with one attached hydrogen (secondary N) is 1. The van der Waals surface area contributed by atoms with Gasteiger partial charge >= 0.3 is 0 Å². The molecule has 1 heterocycles. The molecule has 1 aliphatic rings. The lowest BCUT2D eigenvalue weighted by molar-refractivity contribution is -0.124. The number of hydrogen-bond acceptors (Lipinski definition) is 3. The van der Waals surface area contributed by atoms with Crippen molar-refractivity contribution >= 4 is 27.5 Å². The van der Waals surface area contributed by atoms with Crippen LogP contribution in [0.5, 0.6) is 0 Å².